The van der Waals surface area contributed by atoms with Gasteiger partial charge in [-0.3, -0.25) is 4.79 Å². The quantitative estimate of drug-likeness (QED) is 0.534. The molecule has 0 aliphatic heterocycles. The van der Waals surface area contributed by atoms with E-state index >= 15 is 0 Å². The second-order valence-corrected chi connectivity index (χ2v) is 7.23. The number of halogens is 2. The molecule has 9 heteroatoms. The van der Waals surface area contributed by atoms with E-state index in [9.17, 15) is 4.79 Å². The Morgan fingerprint density at radius 2 is 1.64 bits per heavy atom. The zero-order chi connectivity index (χ0) is 15.4. The topological polar surface area (TPSA) is 125 Å². The predicted molar refractivity (Wildman–Crippen MR) is 93.3 cm³/mol. The molecule has 0 aromatic heterocycles. The summed E-state index contributed by atoms with van der Waals surface area (Å²) in [6.45, 7) is 7.80. The van der Waals surface area contributed by atoms with Gasteiger partial charge in [0, 0.05) is 24.3 Å². The minimum absolute atomic E-state index is 0. The zero-order valence-corrected chi connectivity index (χ0v) is 16.6. The van der Waals surface area contributed by atoms with Crippen LogP contribution in [0.25, 0.3) is 12.3 Å². The Labute approximate surface area is 149 Å². The van der Waals surface area contributed by atoms with Crippen LogP contribution in [0, 0.1) is 0 Å². The summed E-state index contributed by atoms with van der Waals surface area (Å²) in [5, 5.41) is 2.90. The summed E-state index contributed by atoms with van der Waals surface area (Å²) >= 11 is -0.472. The molecule has 22 heavy (non-hydrogen) atoms. The Bertz CT molecular complexity index is 377. The third-order valence-corrected chi connectivity index (χ3v) is 2.78. The molecular formula is C13H25Cl2N5OPt. The number of carbonyl (C=O) groups excluding carboxylic acids is 1. The van der Waals surface area contributed by atoms with Crippen molar-refractivity contribution < 1.29 is 21.3 Å². The van der Waals surface area contributed by atoms with Crippen molar-refractivity contribution in [2.75, 3.05) is 31.9 Å². The number of benzene rings is 1. The van der Waals surface area contributed by atoms with Gasteiger partial charge in [-0.1, -0.05) is 13.8 Å². The van der Waals surface area contributed by atoms with E-state index < -0.39 is 16.5 Å². The maximum atomic E-state index is 11.7. The van der Waals surface area contributed by atoms with Crippen molar-refractivity contribution in [1.82, 2.24) is 10.2 Å². The van der Waals surface area contributed by atoms with Crippen molar-refractivity contribution in [2.45, 2.75) is 13.8 Å². The van der Waals surface area contributed by atoms with Gasteiger partial charge >= 0.3 is 35.3 Å². The Hall–Kier alpha value is -0.362. The van der Waals surface area contributed by atoms with Crippen LogP contribution < -0.4 is 11.1 Å². The number of nitrogens with zero attached hydrogens (tertiary/aromatic N) is 1. The van der Waals surface area contributed by atoms with Gasteiger partial charge in [0.15, 0.2) is 0 Å². The number of nitrogens with two attached hydrogens (primary N) is 3. The maximum Gasteiger partial charge on any atom is -0.693 e. The molecule has 0 heterocycles. The van der Waals surface area contributed by atoms with Crippen LogP contribution in [0.5, 0.6) is 0 Å². The van der Waals surface area contributed by atoms with E-state index in [4.69, 9.17) is 24.6 Å². The van der Waals surface area contributed by atoms with Crippen molar-refractivity contribution in [3.05, 3.63) is 42.1 Å². The third kappa shape index (κ3) is 12.2. The summed E-state index contributed by atoms with van der Waals surface area (Å²) in [5.41, 5.74) is 6.89. The Kier molecular flexibility index (Phi) is 20.5. The van der Waals surface area contributed by atoms with E-state index in [-0.39, 0.29) is 18.2 Å². The standard InChI is InChI=1S/C13H21N3O.2ClH.2H2N.Pt/c1-3-16(4-2)10-9-15-13(17)11-5-7-12(14)8-6-11;;;;;/h5-8H,3-4,9-10,14H2,1-2H3,(H,15,17);2*1H;2*1H2;/q;;;2*-1;+4/p-2. The van der Waals surface area contributed by atoms with Gasteiger partial charge in [-0.2, -0.15) is 0 Å². The smallest absolute Gasteiger partial charge is 0.693 e. The fraction of sp³-hybridized carbons (Fsp3) is 0.462. The summed E-state index contributed by atoms with van der Waals surface area (Å²) < 4.78 is 0. The maximum absolute atomic E-state index is 11.7. The van der Waals surface area contributed by atoms with E-state index in [1.165, 1.54) is 0 Å². The number of hydrogen-bond donors (Lipinski definition) is 2. The molecule has 0 fully saturated rings. The van der Waals surface area contributed by atoms with Crippen LogP contribution in [0.1, 0.15) is 24.2 Å². The number of hydrogen-bond acceptors (Lipinski definition) is 3. The number of anilines is 1. The zero-order valence-electron chi connectivity index (χ0n) is 12.8. The molecule has 0 spiro atoms. The molecule has 1 amide bonds. The summed E-state index contributed by atoms with van der Waals surface area (Å²) in [6, 6.07) is 6.95. The number of likely N-dealkylation sites (N-methyl/N-ethyl adjacent to an activating group) is 1. The Morgan fingerprint density at radius 3 is 2.05 bits per heavy atom. The van der Waals surface area contributed by atoms with E-state index in [1.807, 2.05) is 0 Å². The van der Waals surface area contributed by atoms with Crippen molar-refractivity contribution in [2.24, 2.45) is 0 Å². The molecule has 0 atom stereocenters. The van der Waals surface area contributed by atoms with E-state index in [1.54, 1.807) is 24.3 Å². The van der Waals surface area contributed by atoms with Gasteiger partial charge in [0.05, 0.1) is 0 Å². The van der Waals surface area contributed by atoms with Crippen LogP contribution >= 0.6 is 18.8 Å². The summed E-state index contributed by atoms with van der Waals surface area (Å²) in [7, 11) is 9.75. The number of nitrogen functional groups attached to an aromatic ring is 1. The first-order valence-corrected chi connectivity index (χ1v) is 11.9. The summed E-state index contributed by atoms with van der Waals surface area (Å²) in [6.07, 6.45) is 0. The van der Waals surface area contributed by atoms with E-state index in [0.29, 0.717) is 17.8 Å². The molecule has 0 saturated carbocycles. The van der Waals surface area contributed by atoms with Crippen LogP contribution in [-0.4, -0.2) is 37.0 Å². The first kappa shape index (κ1) is 26.5. The van der Waals surface area contributed by atoms with Crippen LogP contribution in [0.2, 0.25) is 0 Å². The average molecular weight is 533 g/mol. The molecule has 0 saturated heterocycles. The number of carbonyl (C=O) groups is 1. The van der Waals surface area contributed by atoms with Gasteiger partial charge in [0.2, 0.25) is 0 Å². The van der Waals surface area contributed by atoms with E-state index in [0.717, 1.165) is 19.6 Å². The van der Waals surface area contributed by atoms with Crippen LogP contribution in [0.15, 0.2) is 24.3 Å². The van der Waals surface area contributed by atoms with Gasteiger partial charge in [0.1, 0.15) is 0 Å². The minimum atomic E-state index is -0.472. The van der Waals surface area contributed by atoms with Gasteiger partial charge < -0.3 is 28.3 Å². The van der Waals surface area contributed by atoms with Gasteiger partial charge in [0.25, 0.3) is 5.91 Å². The van der Waals surface area contributed by atoms with Gasteiger partial charge in [-0.25, -0.2) is 0 Å². The molecule has 1 aromatic carbocycles. The fourth-order valence-corrected chi connectivity index (χ4v) is 1.60. The Balaban J connectivity index is -0.000000666. The van der Waals surface area contributed by atoms with Crippen LogP contribution in [-0.2, 0) is 16.5 Å². The molecule has 0 unspecified atom stereocenters. The summed E-state index contributed by atoms with van der Waals surface area (Å²) in [4.78, 5) is 14.0. The molecule has 0 aliphatic rings. The molecule has 7 N–H and O–H groups in total. The molecule has 1 aromatic rings. The third-order valence-electron chi connectivity index (χ3n) is 2.78. The van der Waals surface area contributed by atoms with Gasteiger partial charge in [-0.05, 0) is 37.4 Å². The fourth-order valence-electron chi connectivity index (χ4n) is 1.60. The van der Waals surface area contributed by atoms with Crippen molar-refractivity contribution >= 4 is 30.4 Å². The van der Waals surface area contributed by atoms with Crippen molar-refractivity contribution in [3.63, 3.8) is 0 Å². The largest absolute Gasteiger partial charge is 0.693 e. The van der Waals surface area contributed by atoms with Crippen LogP contribution in [0.3, 0.4) is 0 Å². The summed E-state index contributed by atoms with van der Waals surface area (Å²) in [5.74, 6) is -0.0443. The minimum Gasteiger partial charge on any atom is -0.693 e. The first-order valence-electron chi connectivity index (χ1n) is 6.27. The normalized spacial score (nSPS) is 9.14. The SMILES string of the molecule is CCN(CC)CCNC(=O)c1ccc(N)cc1.[Cl][Pt+2][Cl].[NH2-].[NH2-]. The Morgan fingerprint density at radius 1 is 1.18 bits per heavy atom. The second-order valence-electron chi connectivity index (χ2n) is 3.95. The molecule has 0 aliphatic carbocycles. The number of nitrogens with one attached hydrogen (secondary N) is 1. The van der Waals surface area contributed by atoms with Crippen molar-refractivity contribution in [1.29, 1.82) is 0 Å². The molecule has 0 bridgehead atoms. The predicted octanol–water partition coefficient (Wildman–Crippen LogP) is 4.15. The van der Waals surface area contributed by atoms with E-state index in [2.05, 4.69) is 24.1 Å². The molecule has 1 rings (SSSR count). The molecule has 132 valence electrons. The van der Waals surface area contributed by atoms with Crippen molar-refractivity contribution in [3.8, 4) is 0 Å². The number of amides is 1. The molecule has 6 nitrogen and oxygen atoms in total. The van der Waals surface area contributed by atoms with Gasteiger partial charge in [-0.15, -0.1) is 0 Å². The molecule has 0 radical (unpaired) electrons. The second kappa shape index (κ2) is 17.0. The number of rotatable bonds is 6. The monoisotopic (exact) mass is 532 g/mol. The average Bonchev–Trinajstić information content (AvgIpc) is 2.45. The first-order chi connectivity index (χ1) is 9.58. The molecular weight excluding hydrogens is 508 g/mol. The van der Waals surface area contributed by atoms with Crippen LogP contribution in [0.4, 0.5) is 5.69 Å².